The average molecular weight is 342 g/mol. The van der Waals surface area contributed by atoms with E-state index in [1.54, 1.807) is 34.8 Å². The predicted molar refractivity (Wildman–Crippen MR) is 83.6 cm³/mol. The lowest BCUT2D eigenvalue weighted by atomic mass is 9.77. The number of hydrogen-bond donors (Lipinski definition) is 0. The van der Waals surface area contributed by atoms with E-state index in [0.29, 0.717) is 39.2 Å². The summed E-state index contributed by atoms with van der Waals surface area (Å²) in [6, 6.07) is 0. The molecule has 1 amide bonds. The molecule has 0 N–H and O–H groups in total. The van der Waals surface area contributed by atoms with Crippen molar-refractivity contribution < 1.29 is 18.3 Å². The van der Waals surface area contributed by atoms with Gasteiger partial charge in [-0.05, 0) is 6.42 Å². The normalized spacial score (nSPS) is 27.3. The van der Waals surface area contributed by atoms with Crippen molar-refractivity contribution in [2.75, 3.05) is 39.9 Å². The molecule has 6 nitrogen and oxygen atoms in total. The number of halogens is 2. The molecular weight excluding hydrogens is 318 g/mol. The van der Waals surface area contributed by atoms with Gasteiger partial charge in [-0.15, -0.1) is 0 Å². The summed E-state index contributed by atoms with van der Waals surface area (Å²) in [5.41, 5.74) is -0.0930. The molecule has 2 saturated heterocycles. The molecule has 1 atom stereocenters. The van der Waals surface area contributed by atoms with E-state index >= 15 is 0 Å². The van der Waals surface area contributed by atoms with Crippen LogP contribution in [0.5, 0.6) is 0 Å². The van der Waals surface area contributed by atoms with E-state index in [1.807, 2.05) is 6.20 Å². The third kappa shape index (κ3) is 3.44. The second-order valence-electron chi connectivity index (χ2n) is 7.02. The molecule has 134 valence electrons. The van der Waals surface area contributed by atoms with E-state index in [1.165, 1.54) is 0 Å². The van der Waals surface area contributed by atoms with Gasteiger partial charge in [0.1, 0.15) is 0 Å². The molecule has 0 aliphatic carbocycles. The Kier molecular flexibility index (Phi) is 4.61. The highest BCUT2D eigenvalue weighted by molar-refractivity contribution is 5.85. The van der Waals surface area contributed by atoms with Crippen LogP contribution in [-0.4, -0.2) is 71.3 Å². The standard InChI is InChI=1S/C16H24F2N4O2/c1-20-8-13(7-19-20)9-21-11-15(10-16(17,18)12-21)3-4-22(14(15)23)5-6-24-2/h7-8H,3-6,9-12H2,1-2H3. The number of nitrogens with zero attached hydrogens (tertiary/aromatic N) is 4. The molecule has 0 saturated carbocycles. The minimum Gasteiger partial charge on any atom is -0.383 e. The first kappa shape index (κ1) is 17.3. The van der Waals surface area contributed by atoms with Gasteiger partial charge in [0, 0.05) is 58.5 Å². The van der Waals surface area contributed by atoms with Gasteiger partial charge < -0.3 is 9.64 Å². The van der Waals surface area contributed by atoms with Crippen LogP contribution in [0.1, 0.15) is 18.4 Å². The lowest BCUT2D eigenvalue weighted by molar-refractivity contribution is -0.155. The molecule has 1 unspecified atom stereocenters. The average Bonchev–Trinajstić information content (AvgIpc) is 3.01. The Morgan fingerprint density at radius 3 is 2.83 bits per heavy atom. The van der Waals surface area contributed by atoms with E-state index in [9.17, 15) is 13.6 Å². The van der Waals surface area contributed by atoms with Crippen molar-refractivity contribution in [2.45, 2.75) is 25.3 Å². The number of alkyl halides is 2. The first-order valence-electron chi connectivity index (χ1n) is 8.20. The van der Waals surface area contributed by atoms with Gasteiger partial charge in [-0.25, -0.2) is 8.78 Å². The Balaban J connectivity index is 1.74. The number of rotatable bonds is 5. The van der Waals surface area contributed by atoms with Gasteiger partial charge in [0.05, 0.1) is 24.8 Å². The zero-order chi connectivity index (χ0) is 17.4. The number of likely N-dealkylation sites (tertiary alicyclic amines) is 2. The molecule has 0 radical (unpaired) electrons. The monoisotopic (exact) mass is 342 g/mol. The van der Waals surface area contributed by atoms with Crippen LogP contribution in [-0.2, 0) is 23.1 Å². The van der Waals surface area contributed by atoms with Crippen molar-refractivity contribution in [1.29, 1.82) is 0 Å². The Morgan fingerprint density at radius 2 is 2.17 bits per heavy atom. The summed E-state index contributed by atoms with van der Waals surface area (Å²) in [6.45, 7) is 1.87. The molecular formula is C16H24F2N4O2. The van der Waals surface area contributed by atoms with Crippen LogP contribution < -0.4 is 0 Å². The minimum absolute atomic E-state index is 0.157. The SMILES string of the molecule is COCCN1CCC2(CN(Cc3cnn(C)c3)CC(F)(F)C2)C1=O. The van der Waals surface area contributed by atoms with Crippen molar-refractivity contribution in [3.05, 3.63) is 18.0 Å². The third-order valence-corrected chi connectivity index (χ3v) is 4.91. The van der Waals surface area contributed by atoms with Crippen molar-refractivity contribution in [1.82, 2.24) is 19.6 Å². The van der Waals surface area contributed by atoms with Gasteiger partial charge in [0.2, 0.25) is 5.91 Å². The number of piperidine rings is 1. The quantitative estimate of drug-likeness (QED) is 0.805. The summed E-state index contributed by atoms with van der Waals surface area (Å²) in [6.07, 6.45) is 3.63. The van der Waals surface area contributed by atoms with E-state index in [4.69, 9.17) is 4.74 Å². The van der Waals surface area contributed by atoms with Crippen LogP contribution in [0.25, 0.3) is 0 Å². The number of methoxy groups -OCH3 is 1. The number of carbonyl (C=O) groups excluding carboxylic acids is 1. The van der Waals surface area contributed by atoms with Gasteiger partial charge in [-0.3, -0.25) is 14.4 Å². The van der Waals surface area contributed by atoms with Crippen molar-refractivity contribution in [3.8, 4) is 0 Å². The number of ether oxygens (including phenoxy) is 1. The third-order valence-electron chi connectivity index (χ3n) is 4.91. The van der Waals surface area contributed by atoms with Crippen LogP contribution in [0.15, 0.2) is 12.4 Å². The molecule has 2 aliphatic rings. The lowest BCUT2D eigenvalue weighted by Gasteiger charge is -2.42. The molecule has 3 heterocycles. The molecule has 1 spiro atoms. The van der Waals surface area contributed by atoms with Crippen LogP contribution in [0.4, 0.5) is 8.78 Å². The molecule has 2 aliphatic heterocycles. The molecule has 0 aromatic carbocycles. The second kappa shape index (κ2) is 6.40. The highest BCUT2D eigenvalue weighted by Gasteiger charge is 2.56. The summed E-state index contributed by atoms with van der Waals surface area (Å²) in [5.74, 6) is -3.01. The van der Waals surface area contributed by atoms with Gasteiger partial charge in [0.25, 0.3) is 5.92 Å². The van der Waals surface area contributed by atoms with Crippen molar-refractivity contribution >= 4 is 5.91 Å². The summed E-state index contributed by atoms with van der Waals surface area (Å²) in [4.78, 5) is 16.1. The second-order valence-corrected chi connectivity index (χ2v) is 7.02. The first-order valence-corrected chi connectivity index (χ1v) is 8.20. The van der Waals surface area contributed by atoms with Crippen LogP contribution >= 0.6 is 0 Å². The van der Waals surface area contributed by atoms with E-state index in [2.05, 4.69) is 5.10 Å². The highest BCUT2D eigenvalue weighted by Crippen LogP contribution is 2.45. The molecule has 1 aromatic heterocycles. The van der Waals surface area contributed by atoms with Crippen LogP contribution in [0.3, 0.4) is 0 Å². The summed E-state index contributed by atoms with van der Waals surface area (Å²) in [7, 11) is 3.37. The first-order chi connectivity index (χ1) is 11.3. The smallest absolute Gasteiger partial charge is 0.261 e. The maximum Gasteiger partial charge on any atom is 0.261 e. The van der Waals surface area contributed by atoms with E-state index in [-0.39, 0.29) is 18.9 Å². The predicted octanol–water partition coefficient (Wildman–Crippen LogP) is 1.13. The minimum atomic E-state index is -2.85. The van der Waals surface area contributed by atoms with Gasteiger partial charge in [0.15, 0.2) is 0 Å². The molecule has 1 aromatic rings. The van der Waals surface area contributed by atoms with Gasteiger partial charge in [-0.2, -0.15) is 5.10 Å². The Morgan fingerprint density at radius 1 is 1.38 bits per heavy atom. The largest absolute Gasteiger partial charge is 0.383 e. The molecule has 8 heteroatoms. The number of amides is 1. The maximum absolute atomic E-state index is 14.4. The lowest BCUT2D eigenvalue weighted by Crippen LogP contribution is -2.55. The van der Waals surface area contributed by atoms with Gasteiger partial charge in [-0.1, -0.05) is 0 Å². The highest BCUT2D eigenvalue weighted by atomic mass is 19.3. The Labute approximate surface area is 140 Å². The Bertz CT molecular complexity index is 607. The number of hydrogen-bond acceptors (Lipinski definition) is 4. The fourth-order valence-corrected chi connectivity index (χ4v) is 3.96. The summed E-state index contributed by atoms with van der Waals surface area (Å²) < 4.78 is 35.4. The topological polar surface area (TPSA) is 50.6 Å². The fourth-order valence-electron chi connectivity index (χ4n) is 3.96. The Hall–Kier alpha value is -1.54. The molecule has 2 fully saturated rings. The summed E-state index contributed by atoms with van der Waals surface area (Å²) >= 11 is 0. The molecule has 24 heavy (non-hydrogen) atoms. The van der Waals surface area contributed by atoms with E-state index < -0.39 is 11.3 Å². The zero-order valence-corrected chi connectivity index (χ0v) is 14.2. The number of aryl methyl sites for hydroxylation is 1. The number of aromatic nitrogens is 2. The van der Waals surface area contributed by atoms with Gasteiger partial charge >= 0.3 is 0 Å². The molecule has 0 bridgehead atoms. The number of carbonyl (C=O) groups is 1. The van der Waals surface area contributed by atoms with E-state index in [0.717, 1.165) is 5.56 Å². The summed E-state index contributed by atoms with van der Waals surface area (Å²) in [5, 5.41) is 4.08. The van der Waals surface area contributed by atoms with Crippen molar-refractivity contribution in [2.24, 2.45) is 12.5 Å². The maximum atomic E-state index is 14.4. The fraction of sp³-hybridized carbons (Fsp3) is 0.750. The molecule has 3 rings (SSSR count). The van der Waals surface area contributed by atoms with Crippen LogP contribution in [0.2, 0.25) is 0 Å². The zero-order valence-electron chi connectivity index (χ0n) is 14.2. The van der Waals surface area contributed by atoms with Crippen LogP contribution in [0, 0.1) is 5.41 Å². The van der Waals surface area contributed by atoms with Crippen molar-refractivity contribution in [3.63, 3.8) is 0 Å².